The van der Waals surface area contributed by atoms with Gasteiger partial charge in [-0.15, -0.1) is 0 Å². The van der Waals surface area contributed by atoms with E-state index in [2.05, 4.69) is 10.3 Å². The molecule has 38 heavy (non-hydrogen) atoms. The van der Waals surface area contributed by atoms with Gasteiger partial charge in [0.05, 0.1) is 23.8 Å². The van der Waals surface area contributed by atoms with E-state index in [1.54, 1.807) is 62.4 Å². The second-order valence-electron chi connectivity index (χ2n) is 7.65. The molecule has 0 spiro atoms. The van der Waals surface area contributed by atoms with E-state index in [0.29, 0.717) is 16.4 Å². The van der Waals surface area contributed by atoms with Gasteiger partial charge < -0.3 is 24.3 Å². The number of ether oxygens (including phenoxy) is 2. The van der Waals surface area contributed by atoms with Crippen LogP contribution in [0.1, 0.15) is 30.0 Å². The van der Waals surface area contributed by atoms with Gasteiger partial charge in [0.15, 0.2) is 0 Å². The van der Waals surface area contributed by atoms with Crippen LogP contribution in [0.4, 0.5) is 17.3 Å². The van der Waals surface area contributed by atoms with Crippen molar-refractivity contribution in [3.8, 4) is 0 Å². The second kappa shape index (κ2) is 12.3. The first-order valence-corrected chi connectivity index (χ1v) is 13.1. The molecule has 1 aliphatic rings. The Kier molecular flexibility index (Phi) is 8.83. The standard InChI is InChI=1S/C27H22Cl2N2O6S/c1-3-35-26(33)20-22(29)18(37-24(20)30-17-12-8-9-15(28)13-17)14-19-23(32)21(27(34)36-4-2)25(38-19)31-16-10-6-5-7-11-16/h5-14,30,32H,3-4H2,1-2H3/b19-14-,31-25?. The van der Waals surface area contributed by atoms with Gasteiger partial charge in [-0.25, -0.2) is 14.6 Å². The Labute approximate surface area is 232 Å². The number of aliphatic imine (C=N–C) groups is 1. The molecule has 0 aliphatic carbocycles. The van der Waals surface area contributed by atoms with Crippen molar-refractivity contribution in [1.82, 2.24) is 0 Å². The van der Waals surface area contributed by atoms with Crippen LogP contribution in [-0.4, -0.2) is 35.3 Å². The summed E-state index contributed by atoms with van der Waals surface area (Å²) >= 11 is 13.7. The summed E-state index contributed by atoms with van der Waals surface area (Å²) in [6.07, 6.45) is 1.42. The summed E-state index contributed by atoms with van der Waals surface area (Å²) in [5, 5.41) is 14.6. The first-order chi connectivity index (χ1) is 18.3. The Morgan fingerprint density at radius 2 is 1.76 bits per heavy atom. The molecule has 0 radical (unpaired) electrons. The molecular formula is C27H22Cl2N2O6S. The molecule has 1 aromatic heterocycles. The normalized spacial score (nSPS) is 15.3. The molecule has 2 N–H and O–H groups in total. The molecule has 3 aromatic rings. The molecule has 1 aliphatic heterocycles. The van der Waals surface area contributed by atoms with Gasteiger partial charge in [-0.3, -0.25) is 0 Å². The highest BCUT2D eigenvalue weighted by molar-refractivity contribution is 8.18. The lowest BCUT2D eigenvalue weighted by Crippen LogP contribution is -2.12. The molecule has 0 saturated carbocycles. The number of nitrogens with one attached hydrogen (secondary N) is 1. The van der Waals surface area contributed by atoms with Crippen LogP contribution < -0.4 is 5.32 Å². The topological polar surface area (TPSA) is 110 Å². The van der Waals surface area contributed by atoms with Gasteiger partial charge in [0.1, 0.15) is 32.7 Å². The van der Waals surface area contributed by atoms with Crippen molar-refractivity contribution >= 4 is 75.3 Å². The number of para-hydroxylation sites is 1. The number of halogens is 2. The minimum atomic E-state index is -0.725. The van der Waals surface area contributed by atoms with Crippen LogP contribution in [0.3, 0.4) is 0 Å². The number of hydrogen-bond donors (Lipinski definition) is 2. The van der Waals surface area contributed by atoms with Gasteiger partial charge in [0.2, 0.25) is 5.88 Å². The zero-order valence-corrected chi connectivity index (χ0v) is 22.6. The van der Waals surface area contributed by atoms with E-state index in [0.717, 1.165) is 11.8 Å². The van der Waals surface area contributed by atoms with E-state index in [1.165, 1.54) is 6.08 Å². The smallest absolute Gasteiger partial charge is 0.345 e. The fourth-order valence-corrected chi connectivity index (χ4v) is 4.88. The maximum atomic E-state index is 12.7. The molecule has 0 atom stereocenters. The molecule has 8 nitrogen and oxygen atoms in total. The number of thioether (sulfide) groups is 1. The summed E-state index contributed by atoms with van der Waals surface area (Å²) in [4.78, 5) is 30.1. The van der Waals surface area contributed by atoms with Crippen LogP contribution in [-0.2, 0) is 14.3 Å². The number of hydrogen-bond acceptors (Lipinski definition) is 9. The van der Waals surface area contributed by atoms with Crippen molar-refractivity contribution in [3.05, 3.63) is 92.2 Å². The van der Waals surface area contributed by atoms with Crippen LogP contribution in [0, 0.1) is 0 Å². The third-order valence-corrected chi connectivity index (χ3v) is 6.69. The van der Waals surface area contributed by atoms with Gasteiger partial charge in [-0.2, -0.15) is 0 Å². The molecule has 2 heterocycles. The summed E-state index contributed by atoms with van der Waals surface area (Å²) in [6, 6.07) is 15.8. The number of benzene rings is 2. The average molecular weight is 573 g/mol. The molecule has 2 aromatic carbocycles. The maximum absolute atomic E-state index is 12.7. The molecule has 196 valence electrons. The lowest BCUT2D eigenvalue weighted by Gasteiger charge is -2.06. The molecule has 11 heteroatoms. The van der Waals surface area contributed by atoms with Gasteiger partial charge >= 0.3 is 11.9 Å². The summed E-state index contributed by atoms with van der Waals surface area (Å²) in [6.45, 7) is 3.57. The zero-order valence-electron chi connectivity index (χ0n) is 20.3. The van der Waals surface area contributed by atoms with Gasteiger partial charge in [-0.1, -0.05) is 59.2 Å². The number of aliphatic hydroxyl groups is 1. The lowest BCUT2D eigenvalue weighted by molar-refractivity contribution is -0.138. The fraction of sp³-hybridized carbons (Fsp3) is 0.148. The number of rotatable bonds is 8. The second-order valence-corrected chi connectivity index (χ2v) is 9.49. The molecule has 0 unspecified atom stereocenters. The number of carbonyl (C=O) groups excluding carboxylic acids is 2. The Hall–Kier alpha value is -3.66. The molecule has 0 saturated heterocycles. The highest BCUT2D eigenvalue weighted by Crippen LogP contribution is 2.43. The largest absolute Gasteiger partial charge is 0.506 e. The lowest BCUT2D eigenvalue weighted by atomic mass is 10.2. The summed E-state index contributed by atoms with van der Waals surface area (Å²) in [7, 11) is 0. The molecule has 0 bridgehead atoms. The Bertz CT molecular complexity index is 1460. The molecule has 0 amide bonds. The Balaban J connectivity index is 1.78. The van der Waals surface area contributed by atoms with Crippen LogP contribution in [0.15, 0.2) is 80.2 Å². The zero-order chi connectivity index (χ0) is 27.2. The monoisotopic (exact) mass is 572 g/mol. The highest BCUT2D eigenvalue weighted by Gasteiger charge is 2.34. The predicted molar refractivity (Wildman–Crippen MR) is 150 cm³/mol. The minimum absolute atomic E-state index is 0.0258. The van der Waals surface area contributed by atoms with Crippen molar-refractivity contribution in [2.45, 2.75) is 13.8 Å². The third-order valence-electron chi connectivity index (χ3n) is 5.06. The number of carbonyl (C=O) groups is 2. The van der Waals surface area contributed by atoms with E-state index in [9.17, 15) is 14.7 Å². The first-order valence-electron chi connectivity index (χ1n) is 11.5. The van der Waals surface area contributed by atoms with Crippen LogP contribution in [0.25, 0.3) is 6.08 Å². The van der Waals surface area contributed by atoms with E-state index in [-0.39, 0.29) is 56.7 Å². The van der Waals surface area contributed by atoms with Gasteiger partial charge in [0.25, 0.3) is 0 Å². The number of anilines is 2. The first kappa shape index (κ1) is 27.4. The average Bonchev–Trinajstić information content (AvgIpc) is 3.35. The van der Waals surface area contributed by atoms with Crippen molar-refractivity contribution in [1.29, 1.82) is 0 Å². The maximum Gasteiger partial charge on any atom is 0.345 e. The van der Waals surface area contributed by atoms with E-state index in [4.69, 9.17) is 37.1 Å². The Morgan fingerprint density at radius 1 is 1.05 bits per heavy atom. The minimum Gasteiger partial charge on any atom is -0.506 e. The number of aliphatic hydroxyl groups excluding tert-OH is 1. The SMILES string of the molecule is CCOC(=O)C1=C(O)/C(=C/c2oc(Nc3cccc(Cl)c3)c(C(=O)OCC)c2Cl)SC1=Nc1ccccc1. The highest BCUT2D eigenvalue weighted by atomic mass is 35.5. The number of esters is 2. The van der Waals surface area contributed by atoms with Crippen molar-refractivity contribution < 1.29 is 28.6 Å². The summed E-state index contributed by atoms with van der Waals surface area (Å²) in [5.74, 6) is -1.70. The van der Waals surface area contributed by atoms with Crippen molar-refractivity contribution in [2.75, 3.05) is 18.5 Å². The van der Waals surface area contributed by atoms with Gasteiger partial charge in [-0.05, 0) is 44.2 Å². The van der Waals surface area contributed by atoms with Crippen LogP contribution in [0.5, 0.6) is 0 Å². The summed E-state index contributed by atoms with van der Waals surface area (Å²) < 4.78 is 16.2. The van der Waals surface area contributed by atoms with Crippen molar-refractivity contribution in [2.24, 2.45) is 4.99 Å². The van der Waals surface area contributed by atoms with Crippen LogP contribution >= 0.6 is 35.0 Å². The van der Waals surface area contributed by atoms with E-state index >= 15 is 0 Å². The quantitative estimate of drug-likeness (QED) is 0.264. The predicted octanol–water partition coefficient (Wildman–Crippen LogP) is 7.70. The van der Waals surface area contributed by atoms with Crippen LogP contribution in [0.2, 0.25) is 10.0 Å². The molecule has 0 fully saturated rings. The van der Waals surface area contributed by atoms with E-state index < -0.39 is 11.9 Å². The molecular weight excluding hydrogens is 551 g/mol. The number of furan rings is 1. The summed E-state index contributed by atoms with van der Waals surface area (Å²) in [5.41, 5.74) is 1.01. The number of nitrogens with zero attached hydrogens (tertiary/aromatic N) is 1. The van der Waals surface area contributed by atoms with Crippen molar-refractivity contribution in [3.63, 3.8) is 0 Å². The third kappa shape index (κ3) is 6.07. The van der Waals surface area contributed by atoms with Gasteiger partial charge in [0, 0.05) is 16.8 Å². The Morgan fingerprint density at radius 3 is 2.45 bits per heavy atom. The van der Waals surface area contributed by atoms with E-state index in [1.807, 2.05) is 6.07 Å². The fourth-order valence-electron chi connectivity index (χ4n) is 3.42. The molecule has 4 rings (SSSR count).